The van der Waals surface area contributed by atoms with Gasteiger partial charge in [-0.1, -0.05) is 63.3 Å². The second-order valence-electron chi connectivity index (χ2n) is 5.82. The Bertz CT molecular complexity index is 570. The molecule has 1 aromatic carbocycles. The Labute approximate surface area is 135 Å². The van der Waals surface area contributed by atoms with Crippen LogP contribution in [0.2, 0.25) is 0 Å². The molecule has 124 valence electrons. The summed E-state index contributed by atoms with van der Waals surface area (Å²) in [4.78, 5) is 36.5. The zero-order valence-corrected chi connectivity index (χ0v) is 13.3. The molecule has 23 heavy (non-hydrogen) atoms. The molecule has 0 spiro atoms. The Morgan fingerprint density at radius 2 is 1.52 bits per heavy atom. The summed E-state index contributed by atoms with van der Waals surface area (Å²) >= 11 is 0. The molecule has 5 heteroatoms. The van der Waals surface area contributed by atoms with E-state index in [2.05, 4.69) is 6.92 Å². The highest BCUT2D eigenvalue weighted by molar-refractivity contribution is 6.41. The predicted molar refractivity (Wildman–Crippen MR) is 84.4 cm³/mol. The van der Waals surface area contributed by atoms with Crippen molar-refractivity contribution >= 4 is 17.5 Å². The highest BCUT2D eigenvalue weighted by Gasteiger charge is 2.58. The van der Waals surface area contributed by atoms with E-state index in [1.54, 1.807) is 12.1 Å². The molecule has 0 fully saturated rings. The van der Waals surface area contributed by atoms with Crippen molar-refractivity contribution in [2.24, 2.45) is 0 Å². The van der Waals surface area contributed by atoms with Crippen LogP contribution in [0.5, 0.6) is 0 Å². The lowest BCUT2D eigenvalue weighted by atomic mass is 9.98. The van der Waals surface area contributed by atoms with E-state index in [4.69, 9.17) is 4.74 Å². The van der Waals surface area contributed by atoms with Gasteiger partial charge in [0.1, 0.15) is 0 Å². The van der Waals surface area contributed by atoms with Crippen molar-refractivity contribution in [3.63, 3.8) is 0 Å². The number of rotatable bonds is 8. The van der Waals surface area contributed by atoms with Crippen molar-refractivity contribution in [2.45, 2.75) is 51.0 Å². The zero-order chi connectivity index (χ0) is 16.9. The van der Waals surface area contributed by atoms with Gasteiger partial charge in [-0.3, -0.25) is 9.59 Å². The number of aliphatic hydroxyl groups is 1. The Balaban J connectivity index is 1.90. The minimum Gasteiger partial charge on any atom is -0.463 e. The summed E-state index contributed by atoms with van der Waals surface area (Å²) in [7, 11) is 0. The smallest absolute Gasteiger partial charge is 0.354 e. The van der Waals surface area contributed by atoms with Crippen LogP contribution in [0.3, 0.4) is 0 Å². The molecule has 2 rings (SSSR count). The lowest BCUT2D eigenvalue weighted by Crippen LogP contribution is -2.50. The lowest BCUT2D eigenvalue weighted by Gasteiger charge is -2.17. The maximum atomic E-state index is 12.2. The summed E-state index contributed by atoms with van der Waals surface area (Å²) in [5, 5.41) is 10.3. The van der Waals surface area contributed by atoms with Crippen molar-refractivity contribution in [1.82, 2.24) is 0 Å². The number of hydrogen-bond acceptors (Lipinski definition) is 5. The third kappa shape index (κ3) is 3.34. The van der Waals surface area contributed by atoms with E-state index < -0.39 is 23.1 Å². The van der Waals surface area contributed by atoms with E-state index >= 15 is 0 Å². The molecule has 0 radical (unpaired) electrons. The highest BCUT2D eigenvalue weighted by Crippen LogP contribution is 2.31. The Morgan fingerprint density at radius 1 is 1.00 bits per heavy atom. The van der Waals surface area contributed by atoms with Crippen molar-refractivity contribution in [3.8, 4) is 0 Å². The van der Waals surface area contributed by atoms with E-state index in [-0.39, 0.29) is 17.7 Å². The second-order valence-corrected chi connectivity index (χ2v) is 5.82. The molecule has 0 aliphatic heterocycles. The molecule has 1 N–H and O–H groups in total. The summed E-state index contributed by atoms with van der Waals surface area (Å²) in [5.74, 6) is -2.96. The van der Waals surface area contributed by atoms with Gasteiger partial charge in [-0.25, -0.2) is 4.79 Å². The van der Waals surface area contributed by atoms with Crippen molar-refractivity contribution < 1.29 is 24.2 Å². The summed E-state index contributed by atoms with van der Waals surface area (Å²) in [5.41, 5.74) is -2.58. The van der Waals surface area contributed by atoms with E-state index in [0.717, 1.165) is 25.7 Å². The molecule has 1 aromatic rings. The maximum absolute atomic E-state index is 12.2. The fraction of sp³-hybridized carbons (Fsp3) is 0.500. The molecule has 0 bridgehead atoms. The second kappa shape index (κ2) is 7.51. The van der Waals surface area contributed by atoms with Gasteiger partial charge in [0.25, 0.3) is 5.60 Å². The van der Waals surface area contributed by atoms with Crippen LogP contribution in [-0.4, -0.2) is 34.9 Å². The number of ether oxygens (including phenoxy) is 1. The monoisotopic (exact) mass is 318 g/mol. The molecule has 0 saturated carbocycles. The first kappa shape index (κ1) is 17.3. The Kier molecular flexibility index (Phi) is 5.66. The average Bonchev–Trinajstić information content (AvgIpc) is 2.77. The molecular formula is C18H22O5. The van der Waals surface area contributed by atoms with Gasteiger partial charge in [-0.05, 0) is 6.42 Å². The van der Waals surface area contributed by atoms with E-state index in [1.807, 2.05) is 0 Å². The number of esters is 1. The van der Waals surface area contributed by atoms with Gasteiger partial charge in [0.2, 0.25) is 11.6 Å². The summed E-state index contributed by atoms with van der Waals surface area (Å²) in [6, 6.07) is 6.01. The number of carbonyl (C=O) groups excluding carboxylic acids is 3. The highest BCUT2D eigenvalue weighted by atomic mass is 16.6. The van der Waals surface area contributed by atoms with Crippen LogP contribution >= 0.6 is 0 Å². The van der Waals surface area contributed by atoms with Crippen LogP contribution in [0.1, 0.15) is 66.2 Å². The number of ketones is 2. The van der Waals surface area contributed by atoms with Gasteiger partial charge in [0.05, 0.1) is 6.61 Å². The van der Waals surface area contributed by atoms with Crippen LogP contribution in [0.25, 0.3) is 0 Å². The SMILES string of the molecule is CCCCCCCCOC(=O)C1(O)C(=O)c2ccccc2C1=O. The standard InChI is InChI=1S/C18H22O5/c1-2-3-4-5-6-9-12-23-17(21)18(22)15(19)13-10-7-8-11-14(13)16(18)20/h7-8,10-11,22H,2-6,9,12H2,1H3. The number of fused-ring (bicyclic) bond motifs is 1. The minimum absolute atomic E-state index is 0.0662. The molecule has 0 heterocycles. The Hall–Kier alpha value is -2.01. The van der Waals surface area contributed by atoms with Gasteiger partial charge in [-0.15, -0.1) is 0 Å². The average molecular weight is 318 g/mol. The van der Waals surface area contributed by atoms with Gasteiger partial charge >= 0.3 is 5.97 Å². The van der Waals surface area contributed by atoms with Crippen LogP contribution in [0, 0.1) is 0 Å². The van der Waals surface area contributed by atoms with Gasteiger partial charge in [-0.2, -0.15) is 0 Å². The fourth-order valence-electron chi connectivity index (χ4n) is 2.71. The lowest BCUT2D eigenvalue weighted by molar-refractivity contribution is -0.156. The van der Waals surface area contributed by atoms with Crippen LogP contribution in [0.4, 0.5) is 0 Å². The molecule has 1 aliphatic rings. The Morgan fingerprint density at radius 3 is 2.09 bits per heavy atom. The molecule has 0 unspecified atom stereocenters. The van der Waals surface area contributed by atoms with Gasteiger partial charge in [0, 0.05) is 11.1 Å². The molecule has 0 amide bonds. The molecule has 1 aliphatic carbocycles. The van der Waals surface area contributed by atoms with E-state index in [9.17, 15) is 19.5 Å². The predicted octanol–water partition coefficient (Wildman–Crippen LogP) is 2.70. The van der Waals surface area contributed by atoms with Crippen LogP contribution < -0.4 is 0 Å². The summed E-state index contributed by atoms with van der Waals surface area (Å²) in [6.07, 6.45) is 6.10. The first-order valence-electron chi connectivity index (χ1n) is 8.11. The fourth-order valence-corrected chi connectivity index (χ4v) is 2.71. The molecule has 0 atom stereocenters. The summed E-state index contributed by atoms with van der Waals surface area (Å²) in [6.45, 7) is 2.24. The van der Waals surface area contributed by atoms with Crippen LogP contribution in [-0.2, 0) is 9.53 Å². The number of Topliss-reactive ketones (excluding diaryl/α,β-unsaturated/α-hetero) is 2. The number of carbonyl (C=O) groups is 3. The largest absolute Gasteiger partial charge is 0.463 e. The molecular weight excluding hydrogens is 296 g/mol. The van der Waals surface area contributed by atoms with E-state index in [1.165, 1.54) is 18.6 Å². The van der Waals surface area contributed by atoms with Crippen LogP contribution in [0.15, 0.2) is 24.3 Å². The summed E-state index contributed by atoms with van der Waals surface area (Å²) < 4.78 is 4.98. The zero-order valence-electron chi connectivity index (χ0n) is 13.3. The first-order valence-corrected chi connectivity index (χ1v) is 8.11. The first-order chi connectivity index (χ1) is 11.0. The number of benzene rings is 1. The third-order valence-electron chi connectivity index (χ3n) is 4.10. The third-order valence-corrected chi connectivity index (χ3v) is 4.10. The van der Waals surface area contributed by atoms with Crippen molar-refractivity contribution in [3.05, 3.63) is 35.4 Å². The van der Waals surface area contributed by atoms with E-state index in [0.29, 0.717) is 6.42 Å². The van der Waals surface area contributed by atoms with Gasteiger partial charge in [0.15, 0.2) is 0 Å². The van der Waals surface area contributed by atoms with Crippen molar-refractivity contribution in [2.75, 3.05) is 6.61 Å². The molecule has 0 saturated heterocycles. The molecule has 0 aromatic heterocycles. The number of unbranched alkanes of at least 4 members (excludes halogenated alkanes) is 5. The molecule has 5 nitrogen and oxygen atoms in total. The maximum Gasteiger partial charge on any atom is 0.354 e. The van der Waals surface area contributed by atoms with Gasteiger partial charge < -0.3 is 9.84 Å². The normalized spacial score (nSPS) is 15.6. The van der Waals surface area contributed by atoms with Crippen molar-refractivity contribution in [1.29, 1.82) is 0 Å². The minimum atomic E-state index is -2.72. The topological polar surface area (TPSA) is 80.7 Å². The quantitative estimate of drug-likeness (QED) is 0.453. The number of hydrogen-bond donors (Lipinski definition) is 1.